The zero-order valence-corrected chi connectivity index (χ0v) is 8.02. The molecule has 4 nitrogen and oxygen atoms in total. The molecule has 1 aromatic carbocycles. The van der Waals surface area contributed by atoms with Crippen molar-refractivity contribution >= 4 is 5.88 Å². The molecule has 1 heterocycles. The van der Waals surface area contributed by atoms with E-state index in [0.717, 1.165) is 6.07 Å². The molecule has 0 saturated carbocycles. The molecular weight excluding hydrogens is 218 g/mol. The molecule has 1 aromatic heterocycles. The molecule has 6 heteroatoms. The monoisotopic (exact) mass is 226 g/mol. The van der Waals surface area contributed by atoms with Crippen molar-refractivity contribution in [2.75, 3.05) is 5.73 Å². The van der Waals surface area contributed by atoms with E-state index in [9.17, 15) is 13.9 Å². The second-order valence-corrected chi connectivity index (χ2v) is 3.19. The topological polar surface area (TPSA) is 72.3 Å². The van der Waals surface area contributed by atoms with Gasteiger partial charge in [0.15, 0.2) is 0 Å². The van der Waals surface area contributed by atoms with Crippen LogP contribution in [0, 0.1) is 0 Å². The third-order valence-corrected chi connectivity index (χ3v) is 2.09. The highest BCUT2D eigenvalue weighted by molar-refractivity contribution is 5.63. The number of nitrogens with two attached hydrogens (primary N) is 1. The van der Waals surface area contributed by atoms with Crippen LogP contribution in [0.15, 0.2) is 28.8 Å². The molecule has 16 heavy (non-hydrogen) atoms. The molecule has 0 aliphatic carbocycles. The van der Waals surface area contributed by atoms with Gasteiger partial charge >= 0.3 is 0 Å². The lowest BCUT2D eigenvalue weighted by Gasteiger charge is -2.04. The van der Waals surface area contributed by atoms with E-state index in [1.54, 1.807) is 0 Å². The molecule has 0 bridgehead atoms. The fraction of sp³-hybridized carbons (Fsp3) is 0.100. The van der Waals surface area contributed by atoms with Gasteiger partial charge in [-0.1, -0.05) is 5.16 Å². The first kappa shape index (κ1) is 10.4. The maximum atomic E-state index is 12.5. The van der Waals surface area contributed by atoms with Crippen molar-refractivity contribution in [2.45, 2.75) is 6.43 Å². The van der Waals surface area contributed by atoms with Gasteiger partial charge in [0.1, 0.15) is 11.4 Å². The standard InChI is InChI=1S/C10H8F2N2O2/c11-10(12)6-3-5(1-2-8(6)15)7-4-9(13)16-14-7/h1-4,10,15H,13H2. The first-order valence-corrected chi connectivity index (χ1v) is 4.41. The predicted octanol–water partition coefficient (Wildman–Crippen LogP) is 2.57. The number of alkyl halides is 2. The lowest BCUT2D eigenvalue weighted by molar-refractivity contribution is 0.147. The number of nitrogens with zero attached hydrogens (tertiary/aromatic N) is 1. The second kappa shape index (κ2) is 3.80. The van der Waals surface area contributed by atoms with Gasteiger partial charge in [0, 0.05) is 11.6 Å². The minimum absolute atomic E-state index is 0.0988. The summed E-state index contributed by atoms with van der Waals surface area (Å²) in [5, 5.41) is 12.8. The molecule has 0 unspecified atom stereocenters. The Hall–Kier alpha value is -2.11. The van der Waals surface area contributed by atoms with Crippen molar-refractivity contribution in [1.82, 2.24) is 5.16 Å². The van der Waals surface area contributed by atoms with Crippen LogP contribution in [0.1, 0.15) is 12.0 Å². The normalized spacial score (nSPS) is 10.9. The van der Waals surface area contributed by atoms with Crippen LogP contribution in [-0.2, 0) is 0 Å². The zero-order chi connectivity index (χ0) is 11.7. The number of phenolic OH excluding ortho intramolecular Hbond substituents is 1. The minimum atomic E-state index is -2.75. The van der Waals surface area contributed by atoms with Crippen LogP contribution in [0.2, 0.25) is 0 Å². The van der Waals surface area contributed by atoms with E-state index in [1.165, 1.54) is 18.2 Å². The molecule has 0 amide bonds. The average molecular weight is 226 g/mol. The fourth-order valence-corrected chi connectivity index (χ4v) is 1.31. The van der Waals surface area contributed by atoms with E-state index < -0.39 is 17.7 Å². The largest absolute Gasteiger partial charge is 0.507 e. The van der Waals surface area contributed by atoms with Gasteiger partial charge in [0.25, 0.3) is 6.43 Å². The third kappa shape index (κ3) is 1.81. The highest BCUT2D eigenvalue weighted by atomic mass is 19.3. The van der Waals surface area contributed by atoms with Gasteiger partial charge < -0.3 is 15.4 Å². The summed E-state index contributed by atoms with van der Waals surface area (Å²) >= 11 is 0. The smallest absolute Gasteiger partial charge is 0.267 e. The summed E-state index contributed by atoms with van der Waals surface area (Å²) in [5.74, 6) is -0.350. The first-order valence-electron chi connectivity index (χ1n) is 4.41. The maximum absolute atomic E-state index is 12.5. The van der Waals surface area contributed by atoms with Crippen LogP contribution >= 0.6 is 0 Å². The summed E-state index contributed by atoms with van der Waals surface area (Å²) in [6, 6.07) is 5.21. The Morgan fingerprint density at radius 2 is 2.06 bits per heavy atom. The number of benzene rings is 1. The van der Waals surface area contributed by atoms with E-state index in [-0.39, 0.29) is 5.88 Å². The average Bonchev–Trinajstić information content (AvgIpc) is 2.65. The van der Waals surface area contributed by atoms with Crippen molar-refractivity contribution in [3.05, 3.63) is 29.8 Å². The Kier molecular flexibility index (Phi) is 2.47. The van der Waals surface area contributed by atoms with E-state index in [1.807, 2.05) is 0 Å². The van der Waals surface area contributed by atoms with Gasteiger partial charge in [-0.2, -0.15) is 0 Å². The van der Waals surface area contributed by atoms with Crippen LogP contribution in [0.4, 0.5) is 14.7 Å². The summed E-state index contributed by atoms with van der Waals surface area (Å²) in [6.45, 7) is 0. The van der Waals surface area contributed by atoms with Gasteiger partial charge in [-0.25, -0.2) is 8.78 Å². The number of anilines is 1. The second-order valence-electron chi connectivity index (χ2n) is 3.19. The Balaban J connectivity index is 2.47. The molecule has 0 aliphatic heterocycles. The van der Waals surface area contributed by atoms with Crippen molar-refractivity contribution < 1.29 is 18.4 Å². The Labute approximate surface area is 89.3 Å². The van der Waals surface area contributed by atoms with Crippen molar-refractivity contribution in [2.24, 2.45) is 0 Å². The quantitative estimate of drug-likeness (QED) is 0.825. The molecule has 0 saturated heterocycles. The van der Waals surface area contributed by atoms with E-state index in [2.05, 4.69) is 9.68 Å². The highest BCUT2D eigenvalue weighted by Crippen LogP contribution is 2.32. The van der Waals surface area contributed by atoms with Crippen LogP contribution < -0.4 is 5.73 Å². The minimum Gasteiger partial charge on any atom is -0.507 e. The van der Waals surface area contributed by atoms with Gasteiger partial charge in [-0.15, -0.1) is 0 Å². The number of nitrogen functional groups attached to an aromatic ring is 1. The zero-order valence-electron chi connectivity index (χ0n) is 8.02. The highest BCUT2D eigenvalue weighted by Gasteiger charge is 2.15. The number of phenols is 1. The van der Waals surface area contributed by atoms with Crippen LogP contribution in [0.5, 0.6) is 5.75 Å². The number of rotatable bonds is 2. The Bertz CT molecular complexity index is 511. The number of halogens is 2. The molecule has 0 atom stereocenters. The van der Waals surface area contributed by atoms with Crippen LogP contribution in [0.3, 0.4) is 0 Å². The van der Waals surface area contributed by atoms with E-state index >= 15 is 0 Å². The molecule has 3 N–H and O–H groups in total. The van der Waals surface area contributed by atoms with Crippen molar-refractivity contribution in [1.29, 1.82) is 0 Å². The number of aromatic nitrogens is 1. The van der Waals surface area contributed by atoms with Gasteiger partial charge in [-0.3, -0.25) is 0 Å². The maximum Gasteiger partial charge on any atom is 0.267 e. The van der Waals surface area contributed by atoms with Crippen molar-refractivity contribution in [3.63, 3.8) is 0 Å². The van der Waals surface area contributed by atoms with Crippen LogP contribution in [-0.4, -0.2) is 10.3 Å². The molecule has 2 rings (SSSR count). The molecular formula is C10H8F2N2O2. The Morgan fingerprint density at radius 3 is 2.62 bits per heavy atom. The molecule has 0 spiro atoms. The summed E-state index contributed by atoms with van der Waals surface area (Å²) in [7, 11) is 0. The SMILES string of the molecule is Nc1cc(-c2ccc(O)c(C(F)F)c2)no1. The molecule has 0 fully saturated rings. The molecule has 0 aliphatic rings. The summed E-state index contributed by atoms with van der Waals surface area (Å²) < 4.78 is 29.6. The summed E-state index contributed by atoms with van der Waals surface area (Å²) in [6.07, 6.45) is -2.75. The van der Waals surface area contributed by atoms with E-state index in [0.29, 0.717) is 11.3 Å². The van der Waals surface area contributed by atoms with Crippen molar-refractivity contribution in [3.8, 4) is 17.0 Å². The summed E-state index contributed by atoms with van der Waals surface area (Å²) in [5.41, 5.74) is 5.63. The first-order chi connectivity index (χ1) is 7.58. The lowest BCUT2D eigenvalue weighted by Crippen LogP contribution is -1.87. The number of aromatic hydroxyl groups is 1. The van der Waals surface area contributed by atoms with Crippen LogP contribution in [0.25, 0.3) is 11.3 Å². The lowest BCUT2D eigenvalue weighted by atomic mass is 10.1. The molecule has 2 aromatic rings. The predicted molar refractivity (Wildman–Crippen MR) is 53.0 cm³/mol. The van der Waals surface area contributed by atoms with E-state index in [4.69, 9.17) is 5.73 Å². The molecule has 84 valence electrons. The van der Waals surface area contributed by atoms with Gasteiger partial charge in [0.2, 0.25) is 5.88 Å². The summed E-state index contributed by atoms with van der Waals surface area (Å²) in [4.78, 5) is 0. The third-order valence-electron chi connectivity index (χ3n) is 2.09. The fourth-order valence-electron chi connectivity index (χ4n) is 1.31. The number of hydrogen-bond donors (Lipinski definition) is 2. The van der Waals surface area contributed by atoms with Gasteiger partial charge in [0.05, 0.1) is 5.56 Å². The van der Waals surface area contributed by atoms with Gasteiger partial charge in [-0.05, 0) is 18.2 Å². The number of hydrogen-bond acceptors (Lipinski definition) is 4. The Morgan fingerprint density at radius 1 is 1.31 bits per heavy atom. The molecule has 0 radical (unpaired) electrons.